The van der Waals surface area contributed by atoms with Crippen LogP contribution in [0.3, 0.4) is 0 Å². The highest BCUT2D eigenvalue weighted by Crippen LogP contribution is 2.29. The van der Waals surface area contributed by atoms with E-state index in [9.17, 15) is 18.0 Å². The van der Waals surface area contributed by atoms with Crippen molar-refractivity contribution >= 4 is 11.9 Å². The number of alkyl halides is 3. The zero-order valence-electron chi connectivity index (χ0n) is 10.5. The molecule has 0 spiro atoms. The average molecular weight is 277 g/mol. The summed E-state index contributed by atoms with van der Waals surface area (Å²) < 4.78 is 37.9. The van der Waals surface area contributed by atoms with Crippen molar-refractivity contribution in [2.75, 3.05) is 18.0 Å². The number of nitrogens with zero attached hydrogens (tertiary/aromatic N) is 3. The van der Waals surface area contributed by atoms with E-state index in [1.54, 1.807) is 6.92 Å². The third kappa shape index (κ3) is 4.38. The number of carboxylic acids is 1. The lowest BCUT2D eigenvalue weighted by molar-refractivity contribution is -0.141. The molecule has 1 N–H and O–H groups in total. The summed E-state index contributed by atoms with van der Waals surface area (Å²) in [7, 11) is 0. The van der Waals surface area contributed by atoms with Crippen molar-refractivity contribution in [1.82, 2.24) is 9.97 Å². The highest BCUT2D eigenvalue weighted by atomic mass is 19.4. The highest BCUT2D eigenvalue weighted by Gasteiger charge is 2.34. The number of aryl methyl sites for hydroxylation is 1. The number of halogens is 3. The molecule has 0 radical (unpaired) electrons. The van der Waals surface area contributed by atoms with E-state index in [-0.39, 0.29) is 18.2 Å². The first-order chi connectivity index (χ1) is 8.74. The van der Waals surface area contributed by atoms with Crippen molar-refractivity contribution in [2.24, 2.45) is 0 Å². The summed E-state index contributed by atoms with van der Waals surface area (Å²) in [6.45, 7) is 3.03. The van der Waals surface area contributed by atoms with Crippen LogP contribution in [0.4, 0.5) is 19.1 Å². The van der Waals surface area contributed by atoms with Crippen molar-refractivity contribution in [1.29, 1.82) is 0 Å². The maximum atomic E-state index is 12.6. The fourth-order valence-electron chi connectivity index (χ4n) is 1.52. The molecule has 1 heterocycles. The Morgan fingerprint density at radius 1 is 1.42 bits per heavy atom. The number of anilines is 1. The zero-order valence-corrected chi connectivity index (χ0v) is 10.5. The third-order valence-corrected chi connectivity index (χ3v) is 2.24. The minimum Gasteiger partial charge on any atom is -0.480 e. The molecule has 0 aromatic carbocycles. The van der Waals surface area contributed by atoms with Gasteiger partial charge in [0.25, 0.3) is 0 Å². The van der Waals surface area contributed by atoms with Crippen molar-refractivity contribution in [3.8, 4) is 0 Å². The Labute approximate surface area is 108 Å². The quantitative estimate of drug-likeness (QED) is 0.892. The van der Waals surface area contributed by atoms with Gasteiger partial charge in [0.1, 0.15) is 12.2 Å². The molecule has 19 heavy (non-hydrogen) atoms. The second kappa shape index (κ2) is 5.85. The van der Waals surface area contributed by atoms with E-state index in [0.717, 1.165) is 6.07 Å². The largest absolute Gasteiger partial charge is 0.480 e. The number of aliphatic carboxylic acids is 1. The van der Waals surface area contributed by atoms with Crippen LogP contribution in [0.5, 0.6) is 0 Å². The predicted octanol–water partition coefficient (Wildman–Crippen LogP) is 2.10. The second-order valence-corrected chi connectivity index (χ2v) is 4.01. The summed E-state index contributed by atoms with van der Waals surface area (Å²) >= 11 is 0. The molecule has 8 heteroatoms. The molecule has 0 unspecified atom stereocenters. The Hall–Kier alpha value is -1.86. The zero-order chi connectivity index (χ0) is 14.6. The van der Waals surface area contributed by atoms with E-state index in [2.05, 4.69) is 9.97 Å². The molecule has 0 saturated carbocycles. The number of carboxylic acid groups (broad SMARTS) is 1. The van der Waals surface area contributed by atoms with Crippen LogP contribution in [0.2, 0.25) is 0 Å². The molecule has 0 fully saturated rings. The summed E-state index contributed by atoms with van der Waals surface area (Å²) in [6.07, 6.45) is -4.00. The smallest absolute Gasteiger partial charge is 0.433 e. The van der Waals surface area contributed by atoms with Crippen LogP contribution >= 0.6 is 0 Å². The first-order valence-corrected chi connectivity index (χ1v) is 5.63. The van der Waals surface area contributed by atoms with Crippen LogP contribution in [-0.2, 0) is 11.0 Å². The molecule has 0 amide bonds. The van der Waals surface area contributed by atoms with Crippen molar-refractivity contribution in [3.05, 3.63) is 17.5 Å². The summed E-state index contributed by atoms with van der Waals surface area (Å²) in [6, 6.07) is 0.828. The van der Waals surface area contributed by atoms with E-state index in [0.29, 0.717) is 6.42 Å². The average Bonchev–Trinajstić information content (AvgIpc) is 2.26. The maximum absolute atomic E-state index is 12.6. The van der Waals surface area contributed by atoms with Gasteiger partial charge in [0.15, 0.2) is 0 Å². The maximum Gasteiger partial charge on any atom is 0.433 e. The molecule has 106 valence electrons. The molecule has 1 rings (SSSR count). The van der Waals surface area contributed by atoms with Crippen molar-refractivity contribution in [2.45, 2.75) is 26.4 Å². The van der Waals surface area contributed by atoms with Gasteiger partial charge in [-0.3, -0.25) is 4.79 Å². The molecule has 0 aliphatic rings. The van der Waals surface area contributed by atoms with E-state index in [1.165, 1.54) is 11.8 Å². The van der Waals surface area contributed by atoms with Crippen LogP contribution in [0.1, 0.15) is 24.7 Å². The number of hydrogen-bond acceptors (Lipinski definition) is 4. The monoisotopic (exact) mass is 277 g/mol. The van der Waals surface area contributed by atoms with Crippen LogP contribution in [0.15, 0.2) is 6.07 Å². The van der Waals surface area contributed by atoms with Crippen molar-refractivity contribution in [3.63, 3.8) is 0 Å². The van der Waals surface area contributed by atoms with Crippen LogP contribution in [0.25, 0.3) is 0 Å². The first-order valence-electron chi connectivity index (χ1n) is 5.63. The first kappa shape index (κ1) is 15.2. The molecule has 5 nitrogen and oxygen atoms in total. The molecule has 0 saturated heterocycles. The van der Waals surface area contributed by atoms with Crippen LogP contribution in [-0.4, -0.2) is 34.1 Å². The number of rotatable bonds is 5. The molecule has 0 bridgehead atoms. The van der Waals surface area contributed by atoms with E-state index < -0.39 is 24.4 Å². The third-order valence-electron chi connectivity index (χ3n) is 2.24. The van der Waals surface area contributed by atoms with E-state index >= 15 is 0 Å². The van der Waals surface area contributed by atoms with Gasteiger partial charge in [-0.05, 0) is 19.4 Å². The van der Waals surface area contributed by atoms with Gasteiger partial charge in [-0.25, -0.2) is 9.97 Å². The van der Waals surface area contributed by atoms with Gasteiger partial charge in [-0.15, -0.1) is 0 Å². The summed E-state index contributed by atoms with van der Waals surface area (Å²) in [5.74, 6) is -1.36. The Morgan fingerprint density at radius 2 is 2.05 bits per heavy atom. The number of hydrogen-bond donors (Lipinski definition) is 1. The molecular weight excluding hydrogens is 263 g/mol. The number of carbonyl (C=O) groups is 1. The second-order valence-electron chi connectivity index (χ2n) is 4.01. The summed E-state index contributed by atoms with van der Waals surface area (Å²) in [5, 5.41) is 8.75. The van der Waals surface area contributed by atoms with Crippen LogP contribution < -0.4 is 4.90 Å². The summed E-state index contributed by atoms with van der Waals surface area (Å²) in [4.78, 5) is 19.2. The Morgan fingerprint density at radius 3 is 2.53 bits per heavy atom. The SMILES string of the molecule is CCCN(CC(=O)O)c1nc(C)cc(C(F)(F)F)n1. The van der Waals surface area contributed by atoms with Gasteiger partial charge in [0, 0.05) is 12.2 Å². The topological polar surface area (TPSA) is 66.3 Å². The fraction of sp³-hybridized carbons (Fsp3) is 0.545. The Bertz CT molecular complexity index is 463. The lowest BCUT2D eigenvalue weighted by atomic mass is 10.3. The van der Waals surface area contributed by atoms with Crippen molar-refractivity contribution < 1.29 is 23.1 Å². The van der Waals surface area contributed by atoms with Gasteiger partial charge >= 0.3 is 12.1 Å². The molecule has 1 aromatic heterocycles. The van der Waals surface area contributed by atoms with E-state index in [4.69, 9.17) is 5.11 Å². The molecule has 0 aliphatic carbocycles. The van der Waals surface area contributed by atoms with Crippen LogP contribution in [0, 0.1) is 6.92 Å². The summed E-state index contributed by atoms with van der Waals surface area (Å²) in [5.41, 5.74) is -0.926. The van der Waals surface area contributed by atoms with Gasteiger partial charge in [-0.1, -0.05) is 6.92 Å². The van der Waals surface area contributed by atoms with Gasteiger partial charge in [0.2, 0.25) is 5.95 Å². The van der Waals surface area contributed by atoms with E-state index in [1.807, 2.05) is 0 Å². The predicted molar refractivity (Wildman–Crippen MR) is 61.9 cm³/mol. The standard InChI is InChI=1S/C11H14F3N3O2/c1-3-4-17(6-9(18)19)10-15-7(2)5-8(16-10)11(12,13)14/h5H,3-4,6H2,1-2H3,(H,18,19). The minimum atomic E-state index is -4.58. The lowest BCUT2D eigenvalue weighted by Gasteiger charge is -2.21. The van der Waals surface area contributed by atoms with Gasteiger partial charge in [0.05, 0.1) is 0 Å². The lowest BCUT2D eigenvalue weighted by Crippen LogP contribution is -2.32. The number of aromatic nitrogens is 2. The highest BCUT2D eigenvalue weighted by molar-refractivity contribution is 5.72. The van der Waals surface area contributed by atoms with Gasteiger partial charge < -0.3 is 10.0 Å². The molecule has 0 atom stereocenters. The van der Waals surface area contributed by atoms with Gasteiger partial charge in [-0.2, -0.15) is 13.2 Å². The molecular formula is C11H14F3N3O2. The minimum absolute atomic E-state index is 0.142. The Balaban J connectivity index is 3.15. The fourth-order valence-corrected chi connectivity index (χ4v) is 1.52. The molecule has 1 aromatic rings. The normalized spacial score (nSPS) is 11.4. The molecule has 0 aliphatic heterocycles. The Kier molecular flexibility index (Phi) is 4.68.